The summed E-state index contributed by atoms with van der Waals surface area (Å²) < 4.78 is 8.98. The number of benzene rings is 6. The van der Waals surface area contributed by atoms with E-state index in [2.05, 4.69) is 273 Å². The molecule has 0 fully saturated rings. The van der Waals surface area contributed by atoms with E-state index < -0.39 is 0 Å². The number of nitrogens with zero attached hydrogens (tertiary/aromatic N) is 5. The Bertz CT molecular complexity index is 3570. The number of rotatable bonds is 7. The number of pyridine rings is 1. The average Bonchev–Trinajstić information content (AvgIpc) is 3.91. The molecule has 0 amide bonds. The van der Waals surface area contributed by atoms with E-state index in [4.69, 9.17) is 9.72 Å². The van der Waals surface area contributed by atoms with Gasteiger partial charge in [-0.15, -0.1) is 48.1 Å². The number of para-hydroxylation sites is 3. The second kappa shape index (κ2) is 18.8. The van der Waals surface area contributed by atoms with E-state index in [0.717, 1.165) is 56.0 Å². The molecule has 3 aliphatic heterocycles. The van der Waals surface area contributed by atoms with Crippen LogP contribution in [0.4, 0.5) is 17.1 Å². The molecule has 0 bridgehead atoms. The average molecular weight is 1150 g/mol. The third kappa shape index (κ3) is 9.27. The summed E-state index contributed by atoms with van der Waals surface area (Å²) >= 11 is 0. The molecular weight excluding hydrogens is 1080 g/mol. The maximum Gasteiger partial charge on any atom is 0.322 e. The van der Waals surface area contributed by atoms with Gasteiger partial charge in [0, 0.05) is 73.1 Å². The van der Waals surface area contributed by atoms with E-state index in [1.807, 2.05) is 18.3 Å². The van der Waals surface area contributed by atoms with Gasteiger partial charge in [-0.1, -0.05) is 173 Å². The minimum Gasteiger partial charge on any atom is -0.509 e. The predicted molar refractivity (Wildman–Crippen MR) is 307 cm³/mol. The molecule has 0 aliphatic carbocycles. The van der Waals surface area contributed by atoms with Crippen molar-refractivity contribution >= 4 is 56.8 Å². The van der Waals surface area contributed by atoms with E-state index in [-0.39, 0.29) is 49.6 Å². The first-order valence-corrected chi connectivity index (χ1v) is 25.7. The van der Waals surface area contributed by atoms with Gasteiger partial charge in [0.25, 0.3) is 0 Å². The number of fused-ring (bicyclic) bond motifs is 5. The van der Waals surface area contributed by atoms with E-state index in [1.165, 1.54) is 38.9 Å². The van der Waals surface area contributed by atoms with E-state index in [0.29, 0.717) is 11.5 Å². The molecule has 0 N–H and O–H groups in total. The zero-order valence-corrected chi connectivity index (χ0v) is 47.1. The minimum atomic E-state index is -0.121. The Morgan fingerprint density at radius 2 is 1.24 bits per heavy atom. The molecule has 0 spiro atoms. The van der Waals surface area contributed by atoms with Crippen LogP contribution in [0.2, 0.25) is 0 Å². The monoisotopic (exact) mass is 1150 g/mol. The molecule has 5 heterocycles. The van der Waals surface area contributed by atoms with Gasteiger partial charge < -0.3 is 23.9 Å². The van der Waals surface area contributed by atoms with E-state index >= 15 is 0 Å². The standard InChI is InChI=1S/C66H65BN5O.Pt/c1-63(2,3)45-32-34-68-60(39-45)72-56-27-16-14-25-52(56)53-31-30-50(41-59(53)72)73-49-23-21-22-48(40-49)70-43-71(58-29-18-17-28-57(58)70)62-54(51-24-13-15-26-55(51)66(10,11)12)42-69-35-20-19-33-67(69)61(62)44-36-46(64(4,5)6)38-47(37-44)65(7,8)9;/h13-39,42-43H,1-12H3;/q-3;. The summed E-state index contributed by atoms with van der Waals surface area (Å²) in [6.07, 6.45) is 10.9. The van der Waals surface area contributed by atoms with Gasteiger partial charge >= 0.3 is 6.85 Å². The van der Waals surface area contributed by atoms with Crippen LogP contribution in [0.25, 0.3) is 38.7 Å². The molecule has 3 aliphatic rings. The SMILES string of the molecule is CC(C)(C)c1cc(C2=C(N3[CH-]N(c4[c-]c(Oc5[c-]c6c(cc5)c5ccccc5n6-c5cc(C(C)(C)C)ccn5)ccc4)c4ccccc43)C(c3ccccc3C(C)(C)C)=CN3C=CC=CB23)cc(C(C)(C)C)c1.[Pt]. The second-order valence-corrected chi connectivity index (χ2v) is 24.0. The summed E-state index contributed by atoms with van der Waals surface area (Å²) in [5.74, 6) is 4.39. The first-order chi connectivity index (χ1) is 34.7. The van der Waals surface area contributed by atoms with Gasteiger partial charge in [0.05, 0.1) is 0 Å². The Labute approximate surface area is 454 Å². The molecule has 11 rings (SSSR count). The Balaban J connectivity index is 0.00000626. The summed E-state index contributed by atoms with van der Waals surface area (Å²) in [6.45, 7) is 29.8. The third-order valence-corrected chi connectivity index (χ3v) is 14.6. The Morgan fingerprint density at radius 1 is 0.581 bits per heavy atom. The summed E-state index contributed by atoms with van der Waals surface area (Å²) in [7, 11) is 0. The van der Waals surface area contributed by atoms with Crippen LogP contribution in [0.3, 0.4) is 0 Å². The van der Waals surface area contributed by atoms with Crippen molar-refractivity contribution in [3.63, 3.8) is 0 Å². The largest absolute Gasteiger partial charge is 0.509 e. The quantitative estimate of drug-likeness (QED) is 0.117. The molecule has 0 saturated carbocycles. The second-order valence-electron chi connectivity index (χ2n) is 24.0. The van der Waals surface area contributed by atoms with Gasteiger partial charge in [-0.2, -0.15) is 12.1 Å². The summed E-state index contributed by atoms with van der Waals surface area (Å²) in [4.78, 5) is 12.0. The Kier molecular flexibility index (Phi) is 12.9. The van der Waals surface area contributed by atoms with Gasteiger partial charge in [0.15, 0.2) is 0 Å². The number of hydrogen-bond acceptors (Lipinski definition) is 5. The molecule has 6 nitrogen and oxygen atoms in total. The van der Waals surface area contributed by atoms with Crippen molar-refractivity contribution in [2.45, 2.75) is 105 Å². The normalized spacial score (nSPS) is 14.9. The number of anilines is 3. The van der Waals surface area contributed by atoms with Gasteiger partial charge in [0.2, 0.25) is 0 Å². The number of aromatic nitrogens is 2. The Morgan fingerprint density at radius 3 is 1.96 bits per heavy atom. The first kappa shape index (κ1) is 50.7. The van der Waals surface area contributed by atoms with Gasteiger partial charge in [-0.3, -0.25) is 0 Å². The van der Waals surface area contributed by atoms with Crippen LogP contribution in [0.15, 0.2) is 176 Å². The third-order valence-electron chi connectivity index (χ3n) is 14.6. The van der Waals surface area contributed by atoms with Crippen molar-refractivity contribution in [1.82, 2.24) is 14.4 Å². The molecule has 0 unspecified atom stereocenters. The fourth-order valence-electron chi connectivity index (χ4n) is 10.6. The van der Waals surface area contributed by atoms with Crippen LogP contribution in [0, 0.1) is 18.8 Å². The van der Waals surface area contributed by atoms with Gasteiger partial charge in [0.1, 0.15) is 5.82 Å². The first-order valence-electron chi connectivity index (χ1n) is 25.7. The topological polar surface area (TPSA) is 36.8 Å². The van der Waals surface area contributed by atoms with Crippen molar-refractivity contribution in [3.8, 4) is 17.3 Å². The fraction of sp³-hybridized carbons (Fsp3) is 0.242. The molecule has 6 aromatic carbocycles. The van der Waals surface area contributed by atoms with Crippen molar-refractivity contribution in [3.05, 3.63) is 228 Å². The predicted octanol–water partition coefficient (Wildman–Crippen LogP) is 16.8. The van der Waals surface area contributed by atoms with Crippen LogP contribution in [-0.2, 0) is 42.7 Å². The van der Waals surface area contributed by atoms with Crippen LogP contribution >= 0.6 is 0 Å². The van der Waals surface area contributed by atoms with Crippen molar-refractivity contribution in [2.75, 3.05) is 9.80 Å². The van der Waals surface area contributed by atoms with Crippen LogP contribution in [0.1, 0.15) is 116 Å². The molecule has 8 aromatic rings. The van der Waals surface area contributed by atoms with Crippen LogP contribution < -0.4 is 14.5 Å². The zero-order valence-electron chi connectivity index (χ0n) is 44.8. The van der Waals surface area contributed by atoms with Gasteiger partial charge in [-0.05, 0) is 109 Å². The van der Waals surface area contributed by atoms with Crippen molar-refractivity contribution in [1.29, 1.82) is 0 Å². The van der Waals surface area contributed by atoms with Crippen molar-refractivity contribution in [2.24, 2.45) is 0 Å². The van der Waals surface area contributed by atoms with E-state index in [1.54, 1.807) is 0 Å². The number of ether oxygens (including phenoxy) is 1. The molecule has 0 saturated heterocycles. The maximum absolute atomic E-state index is 6.78. The molecule has 8 heteroatoms. The number of allylic oxidation sites excluding steroid dienone is 3. The van der Waals surface area contributed by atoms with Crippen molar-refractivity contribution < 1.29 is 25.8 Å². The van der Waals surface area contributed by atoms with Gasteiger partial charge in [-0.25, -0.2) is 4.98 Å². The Hall–Kier alpha value is -6.82. The minimum absolute atomic E-state index is 0. The molecule has 0 radical (unpaired) electrons. The molecular formula is C66H65BN5OPt-3. The molecule has 2 aromatic heterocycles. The zero-order chi connectivity index (χ0) is 51.2. The summed E-state index contributed by atoms with van der Waals surface area (Å²) in [6, 6.07) is 55.5. The van der Waals surface area contributed by atoms with E-state index in [9.17, 15) is 0 Å². The van der Waals surface area contributed by atoms with Crippen LogP contribution in [0.5, 0.6) is 11.5 Å². The maximum atomic E-state index is 6.78. The molecule has 376 valence electrons. The molecule has 0 atom stereocenters. The smallest absolute Gasteiger partial charge is 0.322 e. The fourth-order valence-corrected chi connectivity index (χ4v) is 10.6. The van der Waals surface area contributed by atoms with Crippen LogP contribution in [-0.4, -0.2) is 21.2 Å². The number of hydrogen-bond donors (Lipinski definition) is 0. The molecule has 74 heavy (non-hydrogen) atoms. The summed E-state index contributed by atoms with van der Waals surface area (Å²) in [5.41, 5.74) is 15.8. The summed E-state index contributed by atoms with van der Waals surface area (Å²) in [5, 5.41) is 2.23.